The molecule has 5 heteroatoms. The van der Waals surface area contributed by atoms with Crippen LogP contribution in [0, 0.1) is 6.92 Å². The summed E-state index contributed by atoms with van der Waals surface area (Å²) in [5.74, 6) is 0.125. The van der Waals surface area contributed by atoms with E-state index in [1.165, 1.54) is 18.4 Å². The molecule has 26 heavy (non-hydrogen) atoms. The first-order valence-corrected chi connectivity index (χ1v) is 8.98. The SMILES string of the molecule is CCCCCCC(=O)Nc1ccc(C)cc1.Nc1ccccc1NC=O. The number of hydrogen-bond acceptors (Lipinski definition) is 3. The second kappa shape index (κ2) is 12.5. The molecule has 0 bridgehead atoms. The molecular weight excluding hydrogens is 326 g/mol. The maximum absolute atomic E-state index is 11.5. The lowest BCUT2D eigenvalue weighted by atomic mass is 10.1. The molecule has 0 fully saturated rings. The average Bonchev–Trinajstić information content (AvgIpc) is 2.63. The zero-order valence-corrected chi connectivity index (χ0v) is 15.6. The van der Waals surface area contributed by atoms with Crippen LogP contribution in [-0.2, 0) is 9.59 Å². The van der Waals surface area contributed by atoms with Gasteiger partial charge in [-0.15, -0.1) is 0 Å². The van der Waals surface area contributed by atoms with Gasteiger partial charge < -0.3 is 16.4 Å². The summed E-state index contributed by atoms with van der Waals surface area (Å²) in [6.45, 7) is 4.21. The number of carbonyl (C=O) groups is 2. The van der Waals surface area contributed by atoms with E-state index in [2.05, 4.69) is 17.6 Å². The highest BCUT2D eigenvalue weighted by molar-refractivity contribution is 5.90. The van der Waals surface area contributed by atoms with Crippen LogP contribution in [0.5, 0.6) is 0 Å². The number of aryl methyl sites for hydroxylation is 1. The fourth-order valence-electron chi connectivity index (χ4n) is 2.26. The molecule has 140 valence electrons. The van der Waals surface area contributed by atoms with E-state index in [0.29, 0.717) is 24.2 Å². The number of benzene rings is 2. The Kier molecular flexibility index (Phi) is 10.2. The van der Waals surface area contributed by atoms with Crippen molar-refractivity contribution in [1.29, 1.82) is 0 Å². The Labute approximate surface area is 156 Å². The monoisotopic (exact) mass is 355 g/mol. The largest absolute Gasteiger partial charge is 0.397 e. The van der Waals surface area contributed by atoms with Crippen LogP contribution < -0.4 is 16.4 Å². The van der Waals surface area contributed by atoms with Gasteiger partial charge in [-0.2, -0.15) is 0 Å². The standard InChI is InChI=1S/C14H21NO.C7H8N2O/c1-3-4-5-6-7-14(16)15-13-10-8-12(2)9-11-13;8-6-3-1-2-4-7(6)9-5-10/h8-11H,3-7H2,1-2H3,(H,15,16);1-5H,8H2,(H,9,10). The molecule has 0 atom stereocenters. The zero-order chi connectivity index (χ0) is 19.2. The maximum Gasteiger partial charge on any atom is 0.224 e. The molecular formula is C21H29N3O2. The van der Waals surface area contributed by atoms with E-state index in [9.17, 15) is 9.59 Å². The fourth-order valence-corrected chi connectivity index (χ4v) is 2.26. The quantitative estimate of drug-likeness (QED) is 0.363. The zero-order valence-electron chi connectivity index (χ0n) is 15.6. The third-order valence-electron chi connectivity index (χ3n) is 3.77. The number of anilines is 3. The minimum absolute atomic E-state index is 0.125. The van der Waals surface area contributed by atoms with E-state index >= 15 is 0 Å². The lowest BCUT2D eigenvalue weighted by Gasteiger charge is -2.05. The van der Waals surface area contributed by atoms with Gasteiger partial charge in [0.05, 0.1) is 11.4 Å². The van der Waals surface area contributed by atoms with Crippen LogP contribution in [0.2, 0.25) is 0 Å². The van der Waals surface area contributed by atoms with E-state index in [1.54, 1.807) is 12.1 Å². The first-order valence-electron chi connectivity index (χ1n) is 8.98. The van der Waals surface area contributed by atoms with Crippen molar-refractivity contribution in [2.75, 3.05) is 16.4 Å². The Morgan fingerprint density at radius 2 is 1.73 bits per heavy atom. The molecule has 4 N–H and O–H groups in total. The normalized spacial score (nSPS) is 9.62. The lowest BCUT2D eigenvalue weighted by Crippen LogP contribution is -2.10. The molecule has 2 aromatic rings. The first kappa shape index (κ1) is 21.2. The Morgan fingerprint density at radius 3 is 2.35 bits per heavy atom. The van der Waals surface area contributed by atoms with Crippen LogP contribution in [0.3, 0.4) is 0 Å². The highest BCUT2D eigenvalue weighted by Gasteiger charge is 2.01. The van der Waals surface area contributed by atoms with Gasteiger partial charge in [0.1, 0.15) is 0 Å². The van der Waals surface area contributed by atoms with E-state index in [-0.39, 0.29) is 5.91 Å². The average molecular weight is 355 g/mol. The van der Waals surface area contributed by atoms with Crippen LogP contribution in [0.25, 0.3) is 0 Å². The van der Waals surface area contributed by atoms with Gasteiger partial charge in [-0.05, 0) is 37.6 Å². The van der Waals surface area contributed by atoms with Crippen molar-refractivity contribution < 1.29 is 9.59 Å². The summed E-state index contributed by atoms with van der Waals surface area (Å²) in [6, 6.07) is 15.0. The lowest BCUT2D eigenvalue weighted by molar-refractivity contribution is -0.116. The minimum atomic E-state index is 0.125. The molecule has 2 amide bonds. The molecule has 0 saturated heterocycles. The Hall–Kier alpha value is -2.82. The molecule has 0 radical (unpaired) electrons. The van der Waals surface area contributed by atoms with Crippen LogP contribution in [0.15, 0.2) is 48.5 Å². The summed E-state index contributed by atoms with van der Waals surface area (Å²) >= 11 is 0. The molecule has 2 aromatic carbocycles. The molecule has 0 heterocycles. The highest BCUT2D eigenvalue weighted by Crippen LogP contribution is 2.15. The third kappa shape index (κ3) is 8.87. The van der Waals surface area contributed by atoms with Gasteiger partial charge >= 0.3 is 0 Å². The molecule has 0 aliphatic carbocycles. The van der Waals surface area contributed by atoms with Crippen molar-refractivity contribution >= 4 is 29.4 Å². The first-order chi connectivity index (χ1) is 12.6. The topological polar surface area (TPSA) is 84.2 Å². The van der Waals surface area contributed by atoms with Crippen LogP contribution in [0.1, 0.15) is 44.6 Å². The summed E-state index contributed by atoms with van der Waals surface area (Å²) in [5, 5.41) is 5.38. The molecule has 2 rings (SSSR count). The van der Waals surface area contributed by atoms with Gasteiger partial charge in [-0.3, -0.25) is 9.59 Å². The van der Waals surface area contributed by atoms with Crippen molar-refractivity contribution in [2.45, 2.75) is 46.0 Å². The number of para-hydroxylation sites is 2. The van der Waals surface area contributed by atoms with Gasteiger partial charge in [-0.1, -0.05) is 56.0 Å². The molecule has 5 nitrogen and oxygen atoms in total. The van der Waals surface area contributed by atoms with E-state index in [0.717, 1.165) is 18.5 Å². The molecule has 0 aromatic heterocycles. The number of amides is 2. The van der Waals surface area contributed by atoms with Crippen LogP contribution >= 0.6 is 0 Å². The fraction of sp³-hybridized carbons (Fsp3) is 0.333. The van der Waals surface area contributed by atoms with Crippen LogP contribution in [0.4, 0.5) is 17.1 Å². The second-order valence-electron chi connectivity index (χ2n) is 6.07. The van der Waals surface area contributed by atoms with Gasteiger partial charge in [-0.25, -0.2) is 0 Å². The van der Waals surface area contributed by atoms with E-state index < -0.39 is 0 Å². The van der Waals surface area contributed by atoms with Crippen molar-refractivity contribution in [1.82, 2.24) is 0 Å². The van der Waals surface area contributed by atoms with E-state index in [4.69, 9.17) is 5.73 Å². The number of hydrogen-bond donors (Lipinski definition) is 3. The summed E-state index contributed by atoms with van der Waals surface area (Å²) < 4.78 is 0. The molecule has 0 aliphatic heterocycles. The Bertz CT molecular complexity index is 669. The number of nitrogens with two attached hydrogens (primary N) is 1. The summed E-state index contributed by atoms with van der Waals surface area (Å²) in [5.41, 5.74) is 8.82. The van der Waals surface area contributed by atoms with Crippen molar-refractivity contribution in [3.63, 3.8) is 0 Å². The second-order valence-corrected chi connectivity index (χ2v) is 6.07. The maximum atomic E-state index is 11.5. The van der Waals surface area contributed by atoms with Gasteiger partial charge in [0.2, 0.25) is 12.3 Å². The number of nitrogen functional groups attached to an aromatic ring is 1. The number of rotatable bonds is 8. The summed E-state index contributed by atoms with van der Waals surface area (Å²) in [7, 11) is 0. The minimum Gasteiger partial charge on any atom is -0.397 e. The molecule has 0 spiro atoms. The Morgan fingerprint density at radius 1 is 1.04 bits per heavy atom. The molecule has 0 aliphatic rings. The third-order valence-corrected chi connectivity index (χ3v) is 3.77. The number of unbranched alkanes of at least 4 members (excludes halogenated alkanes) is 3. The molecule has 0 unspecified atom stereocenters. The van der Waals surface area contributed by atoms with Gasteiger partial charge in [0.25, 0.3) is 0 Å². The van der Waals surface area contributed by atoms with Crippen molar-refractivity contribution in [3.8, 4) is 0 Å². The highest BCUT2D eigenvalue weighted by atomic mass is 16.1. The van der Waals surface area contributed by atoms with Crippen molar-refractivity contribution in [2.24, 2.45) is 0 Å². The predicted octanol–water partition coefficient (Wildman–Crippen LogP) is 4.74. The smallest absolute Gasteiger partial charge is 0.224 e. The van der Waals surface area contributed by atoms with Crippen molar-refractivity contribution in [3.05, 3.63) is 54.1 Å². The van der Waals surface area contributed by atoms with Crippen LogP contribution in [-0.4, -0.2) is 12.3 Å². The number of carbonyl (C=O) groups excluding carboxylic acids is 2. The summed E-state index contributed by atoms with van der Waals surface area (Å²) in [6.07, 6.45) is 5.81. The van der Waals surface area contributed by atoms with Gasteiger partial charge in [0.15, 0.2) is 0 Å². The Balaban J connectivity index is 0.000000289. The summed E-state index contributed by atoms with van der Waals surface area (Å²) in [4.78, 5) is 21.5. The van der Waals surface area contributed by atoms with E-state index in [1.807, 2.05) is 43.3 Å². The van der Waals surface area contributed by atoms with Gasteiger partial charge in [0, 0.05) is 12.1 Å². The molecule has 0 saturated carbocycles. The predicted molar refractivity (Wildman–Crippen MR) is 109 cm³/mol. The number of nitrogens with one attached hydrogen (secondary N) is 2.